The molecule has 226 valence electrons. The molecule has 0 aromatic carbocycles. The molecular weight excluding hydrogens is 552 g/mol. The molecule has 0 unspecified atom stereocenters. The van der Waals surface area contributed by atoms with Gasteiger partial charge in [0.25, 0.3) is 0 Å². The summed E-state index contributed by atoms with van der Waals surface area (Å²) >= 11 is 0. The molecule has 3 aromatic heterocycles. The molecule has 5 heterocycles. The normalized spacial score (nSPS) is 12.9. The number of nitrogens with one attached hydrogen (secondary N) is 2. The molecule has 0 spiro atoms. The van der Waals surface area contributed by atoms with Crippen LogP contribution in [0.2, 0.25) is 0 Å². The number of rotatable bonds is 8. The van der Waals surface area contributed by atoms with Crippen LogP contribution in [0, 0.1) is 13.8 Å². The highest BCUT2D eigenvalue weighted by Gasteiger charge is 2.21. The summed E-state index contributed by atoms with van der Waals surface area (Å²) in [6.07, 6.45) is 5.12. The minimum atomic E-state index is -0.281. The summed E-state index contributed by atoms with van der Waals surface area (Å²) in [5.74, 6) is -0.558. The molecule has 0 amide bonds. The lowest BCUT2D eigenvalue weighted by atomic mass is 10.00. The summed E-state index contributed by atoms with van der Waals surface area (Å²) in [5.41, 5.74) is 14.7. The molecule has 8 heteroatoms. The number of aryl methyl sites for hydroxylation is 3. The van der Waals surface area contributed by atoms with Gasteiger partial charge in [-0.15, -0.1) is 0 Å². The van der Waals surface area contributed by atoms with Gasteiger partial charge in [-0.1, -0.05) is 25.3 Å². The average Bonchev–Trinajstić information content (AvgIpc) is 3.67. The van der Waals surface area contributed by atoms with Crippen LogP contribution in [0.3, 0.4) is 0 Å². The van der Waals surface area contributed by atoms with Crippen molar-refractivity contribution in [1.82, 2.24) is 19.9 Å². The van der Waals surface area contributed by atoms with E-state index in [0.717, 1.165) is 89.4 Å². The van der Waals surface area contributed by atoms with Gasteiger partial charge >= 0.3 is 11.9 Å². The highest BCUT2D eigenvalue weighted by atomic mass is 16.5. The zero-order chi connectivity index (χ0) is 31.7. The first-order valence-corrected chi connectivity index (χ1v) is 14.6. The summed E-state index contributed by atoms with van der Waals surface area (Å²) in [6, 6.07) is 8.14. The average molecular weight is 591 g/mol. The number of nitrogens with zero attached hydrogens (tertiary/aromatic N) is 2. The van der Waals surface area contributed by atoms with Crippen LogP contribution in [0.25, 0.3) is 50.4 Å². The quantitative estimate of drug-likeness (QED) is 0.260. The van der Waals surface area contributed by atoms with Gasteiger partial charge < -0.3 is 19.4 Å². The van der Waals surface area contributed by atoms with Crippen LogP contribution in [0.4, 0.5) is 0 Å². The molecule has 0 atom stereocenters. The summed E-state index contributed by atoms with van der Waals surface area (Å²) < 4.78 is 9.88. The van der Waals surface area contributed by atoms with Crippen LogP contribution in [0.1, 0.15) is 78.1 Å². The van der Waals surface area contributed by atoms with Crippen molar-refractivity contribution in [3.63, 3.8) is 0 Å². The Morgan fingerprint density at radius 3 is 1.91 bits per heavy atom. The summed E-state index contributed by atoms with van der Waals surface area (Å²) in [7, 11) is 2.79. The van der Waals surface area contributed by atoms with Crippen molar-refractivity contribution in [2.24, 2.45) is 0 Å². The maximum absolute atomic E-state index is 12.2. The second-order valence-corrected chi connectivity index (χ2v) is 11.1. The molecule has 3 aromatic rings. The molecule has 0 aliphatic carbocycles. The lowest BCUT2D eigenvalue weighted by Crippen LogP contribution is -2.02. The van der Waals surface area contributed by atoms with Gasteiger partial charge in [-0.25, -0.2) is 9.97 Å². The van der Waals surface area contributed by atoms with Crippen molar-refractivity contribution >= 4 is 62.4 Å². The predicted octanol–water partition coefficient (Wildman–Crippen LogP) is 7.68. The highest BCUT2D eigenvalue weighted by Crippen LogP contribution is 2.36. The summed E-state index contributed by atoms with van der Waals surface area (Å²) in [6.45, 7) is 16.3. The van der Waals surface area contributed by atoms with E-state index in [1.54, 1.807) is 0 Å². The molecule has 5 rings (SSSR count). The number of allylic oxidation sites excluding steroid dienone is 5. The minimum absolute atomic E-state index is 0.232. The monoisotopic (exact) mass is 590 g/mol. The Balaban J connectivity index is 1.90. The third-order valence-corrected chi connectivity index (χ3v) is 8.66. The van der Waals surface area contributed by atoms with E-state index in [0.29, 0.717) is 12.8 Å². The van der Waals surface area contributed by atoms with Crippen LogP contribution >= 0.6 is 0 Å². The van der Waals surface area contributed by atoms with Gasteiger partial charge in [0.15, 0.2) is 0 Å². The maximum atomic E-state index is 12.2. The number of hydrogen-bond acceptors (Lipinski definition) is 6. The Morgan fingerprint density at radius 2 is 1.25 bits per heavy atom. The molecule has 8 nitrogen and oxygen atoms in total. The van der Waals surface area contributed by atoms with Gasteiger partial charge in [-0.3, -0.25) is 9.59 Å². The van der Waals surface area contributed by atoms with Crippen molar-refractivity contribution in [3.8, 4) is 0 Å². The van der Waals surface area contributed by atoms with Crippen molar-refractivity contribution in [1.29, 1.82) is 0 Å². The van der Waals surface area contributed by atoms with Gasteiger partial charge in [0.1, 0.15) is 0 Å². The number of carbonyl (C=O) groups is 2. The fourth-order valence-corrected chi connectivity index (χ4v) is 5.96. The highest BCUT2D eigenvalue weighted by molar-refractivity contribution is 5.98. The SMILES string of the molecule is C=CC1=C(C)c2cc3[nH]c(cc4nc(cc5[nH]c(cc1n2)c(C)c5C=C)C(C)=C4CCC(=O)OC)c(CCC(=O)OC)c3C. The number of H-pyrrole nitrogens is 2. The smallest absolute Gasteiger partial charge is 0.305 e. The number of hydrogen-bond donors (Lipinski definition) is 2. The van der Waals surface area contributed by atoms with E-state index in [1.807, 2.05) is 57.2 Å². The third-order valence-electron chi connectivity index (χ3n) is 8.66. The van der Waals surface area contributed by atoms with Crippen molar-refractivity contribution in [2.45, 2.75) is 53.4 Å². The maximum Gasteiger partial charge on any atom is 0.305 e. The van der Waals surface area contributed by atoms with E-state index in [-0.39, 0.29) is 24.8 Å². The molecule has 8 bridgehead atoms. The lowest BCUT2D eigenvalue weighted by molar-refractivity contribution is -0.141. The Hall–Kier alpha value is -4.98. The van der Waals surface area contributed by atoms with E-state index in [4.69, 9.17) is 19.4 Å². The molecule has 0 radical (unpaired) electrons. The largest absolute Gasteiger partial charge is 0.469 e. The van der Waals surface area contributed by atoms with E-state index in [1.165, 1.54) is 14.2 Å². The van der Waals surface area contributed by atoms with E-state index in [9.17, 15) is 9.59 Å². The Kier molecular flexibility index (Phi) is 8.54. The number of carbonyl (C=O) groups excluding carboxylic acids is 2. The van der Waals surface area contributed by atoms with E-state index >= 15 is 0 Å². The lowest BCUT2D eigenvalue weighted by Gasteiger charge is -2.04. The predicted molar refractivity (Wildman–Crippen MR) is 177 cm³/mol. The number of ether oxygens (including phenoxy) is 2. The molecule has 2 N–H and O–H groups in total. The number of methoxy groups -OCH3 is 2. The first-order valence-electron chi connectivity index (χ1n) is 14.6. The van der Waals surface area contributed by atoms with Gasteiger partial charge in [-0.2, -0.15) is 0 Å². The summed E-state index contributed by atoms with van der Waals surface area (Å²) in [5, 5.41) is 0. The molecule has 2 aliphatic rings. The number of fused-ring (bicyclic) bond motifs is 8. The summed E-state index contributed by atoms with van der Waals surface area (Å²) in [4.78, 5) is 41.6. The molecule has 2 aliphatic heterocycles. The van der Waals surface area contributed by atoms with Crippen LogP contribution in [0.15, 0.2) is 43.5 Å². The van der Waals surface area contributed by atoms with Crippen molar-refractivity contribution in [3.05, 3.63) is 88.5 Å². The van der Waals surface area contributed by atoms with Gasteiger partial charge in [-0.05, 0) is 98.2 Å². The molecule has 0 fully saturated rings. The molecule has 44 heavy (non-hydrogen) atoms. The zero-order valence-electron chi connectivity index (χ0n) is 26.2. The van der Waals surface area contributed by atoms with Crippen LogP contribution in [-0.4, -0.2) is 46.1 Å². The number of aromatic amines is 2. The first-order chi connectivity index (χ1) is 21.1. The second-order valence-electron chi connectivity index (χ2n) is 11.1. The number of esters is 2. The topological polar surface area (TPSA) is 110 Å². The minimum Gasteiger partial charge on any atom is -0.469 e. The second kappa shape index (κ2) is 12.3. The fraction of sp³-hybridized carbons (Fsp3) is 0.278. The van der Waals surface area contributed by atoms with E-state index < -0.39 is 0 Å². The Bertz CT molecular complexity index is 1950. The first kappa shape index (κ1) is 30.5. The fourth-order valence-electron chi connectivity index (χ4n) is 5.96. The van der Waals surface area contributed by atoms with Crippen LogP contribution in [-0.2, 0) is 25.5 Å². The molecule has 0 saturated heterocycles. The van der Waals surface area contributed by atoms with Gasteiger partial charge in [0.05, 0.1) is 37.0 Å². The van der Waals surface area contributed by atoms with Crippen molar-refractivity contribution in [2.75, 3.05) is 14.2 Å². The molecular formula is C36H38N4O4. The van der Waals surface area contributed by atoms with Crippen LogP contribution < -0.4 is 0 Å². The third kappa shape index (κ3) is 5.55. The van der Waals surface area contributed by atoms with Crippen molar-refractivity contribution < 1.29 is 19.1 Å². The van der Waals surface area contributed by atoms with Gasteiger partial charge in [0.2, 0.25) is 0 Å². The number of aromatic nitrogens is 4. The van der Waals surface area contributed by atoms with E-state index in [2.05, 4.69) is 30.0 Å². The van der Waals surface area contributed by atoms with Gasteiger partial charge in [0, 0.05) is 46.0 Å². The Labute approximate surface area is 257 Å². The molecule has 0 saturated carbocycles. The van der Waals surface area contributed by atoms with Crippen LogP contribution in [0.5, 0.6) is 0 Å². The standard InChI is InChI=1S/C36H38N4O4/c1-9-23-19(3)27-15-28-21(5)25(11-13-35(41)43-7)33(39-28)18-34-26(12-14-36(42)44-8)22(6)30(40-34)17-32-24(10-2)20(4)29(38-32)16-31(23)37-27/h9-10,15-18,38-39H,1-2,11-14H2,3-8H3. The zero-order valence-corrected chi connectivity index (χ0v) is 26.2. The Morgan fingerprint density at radius 1 is 0.705 bits per heavy atom.